The molecule has 4 rings (SSSR count). The highest BCUT2D eigenvalue weighted by molar-refractivity contribution is 6.31. The first-order valence-corrected chi connectivity index (χ1v) is 14.1. The van der Waals surface area contributed by atoms with Gasteiger partial charge in [-0.1, -0.05) is 79.4 Å². The third-order valence-corrected chi connectivity index (χ3v) is 7.58. The summed E-state index contributed by atoms with van der Waals surface area (Å²) in [5.74, 6) is 1.02. The van der Waals surface area contributed by atoms with E-state index in [2.05, 4.69) is 5.32 Å². The fraction of sp³-hybridized carbons (Fsp3) is 0.375. The molecule has 0 aromatic heterocycles. The molecule has 0 spiro atoms. The second kappa shape index (κ2) is 14.6. The fourth-order valence-corrected chi connectivity index (χ4v) is 5.20. The molecule has 212 valence electrons. The normalized spacial score (nSPS) is 14.2. The van der Waals surface area contributed by atoms with Crippen molar-refractivity contribution in [3.8, 4) is 17.2 Å². The molecule has 1 aliphatic rings. The Morgan fingerprint density at radius 3 is 2.17 bits per heavy atom. The summed E-state index contributed by atoms with van der Waals surface area (Å²) < 4.78 is 16.6. The molecule has 1 N–H and O–H groups in total. The predicted molar refractivity (Wildman–Crippen MR) is 156 cm³/mol. The molecular formula is C32H37ClN2O5. The highest BCUT2D eigenvalue weighted by atomic mass is 35.5. The lowest BCUT2D eigenvalue weighted by molar-refractivity contribution is -0.143. The monoisotopic (exact) mass is 564 g/mol. The second-order valence-corrected chi connectivity index (χ2v) is 10.4. The summed E-state index contributed by atoms with van der Waals surface area (Å²) in [5.41, 5.74) is 1.71. The van der Waals surface area contributed by atoms with Crippen LogP contribution >= 0.6 is 11.6 Å². The smallest absolute Gasteiger partial charge is 0.261 e. The van der Waals surface area contributed by atoms with Crippen molar-refractivity contribution in [2.24, 2.45) is 0 Å². The lowest BCUT2D eigenvalue weighted by Crippen LogP contribution is -2.53. The summed E-state index contributed by atoms with van der Waals surface area (Å²) in [6.45, 7) is -0.109. The van der Waals surface area contributed by atoms with Crippen molar-refractivity contribution in [1.29, 1.82) is 0 Å². The summed E-state index contributed by atoms with van der Waals surface area (Å²) in [4.78, 5) is 29.3. The highest BCUT2D eigenvalue weighted by Crippen LogP contribution is 2.28. The highest BCUT2D eigenvalue weighted by Gasteiger charge is 2.32. The molecule has 0 heterocycles. The number of nitrogens with zero attached hydrogens (tertiary/aromatic N) is 1. The summed E-state index contributed by atoms with van der Waals surface area (Å²) in [6, 6.07) is 21.6. The van der Waals surface area contributed by atoms with E-state index in [4.69, 9.17) is 25.8 Å². The van der Waals surface area contributed by atoms with Crippen molar-refractivity contribution >= 4 is 23.4 Å². The largest absolute Gasteiger partial charge is 0.496 e. The molecule has 1 aliphatic carbocycles. The molecule has 7 nitrogen and oxygen atoms in total. The number of amides is 2. The van der Waals surface area contributed by atoms with Crippen LogP contribution in [0, 0.1) is 0 Å². The van der Waals surface area contributed by atoms with Gasteiger partial charge in [0, 0.05) is 42.2 Å². The van der Waals surface area contributed by atoms with Crippen molar-refractivity contribution in [2.75, 3.05) is 20.8 Å². The van der Waals surface area contributed by atoms with Crippen molar-refractivity contribution in [2.45, 2.75) is 57.2 Å². The molecule has 1 atom stereocenters. The first-order valence-electron chi connectivity index (χ1n) is 13.7. The zero-order valence-corrected chi connectivity index (χ0v) is 23.9. The van der Waals surface area contributed by atoms with Gasteiger partial charge >= 0.3 is 0 Å². The maximum Gasteiger partial charge on any atom is 0.261 e. The number of rotatable bonds is 12. The van der Waals surface area contributed by atoms with E-state index in [9.17, 15) is 9.59 Å². The Hall–Kier alpha value is -3.71. The molecule has 0 radical (unpaired) electrons. The minimum atomic E-state index is -0.753. The Balaban J connectivity index is 1.63. The van der Waals surface area contributed by atoms with Gasteiger partial charge in [-0.05, 0) is 30.0 Å². The van der Waals surface area contributed by atoms with E-state index in [-0.39, 0.29) is 31.0 Å². The molecule has 40 heavy (non-hydrogen) atoms. The van der Waals surface area contributed by atoms with Gasteiger partial charge in [-0.25, -0.2) is 0 Å². The minimum absolute atomic E-state index is 0.109. The quantitative estimate of drug-likeness (QED) is 0.300. The SMILES string of the molecule is COc1cc(OC)cc(OCC(=O)N(Cc2ccccc2Cl)[C@H](Cc2ccccc2)C(=O)NC2CCCCC2)c1. The van der Waals surface area contributed by atoms with Crippen LogP contribution < -0.4 is 19.5 Å². The van der Waals surface area contributed by atoms with Gasteiger partial charge in [0.05, 0.1) is 14.2 Å². The van der Waals surface area contributed by atoms with Crippen molar-refractivity contribution in [3.05, 3.63) is 88.9 Å². The molecule has 1 saturated carbocycles. The number of halogens is 1. The number of carbonyl (C=O) groups excluding carboxylic acids is 2. The van der Waals surface area contributed by atoms with Crippen LogP contribution in [-0.4, -0.2) is 49.6 Å². The predicted octanol–water partition coefficient (Wildman–Crippen LogP) is 5.83. The van der Waals surface area contributed by atoms with Gasteiger partial charge in [0.1, 0.15) is 23.3 Å². The van der Waals surface area contributed by atoms with Crippen LogP contribution in [0.15, 0.2) is 72.8 Å². The van der Waals surface area contributed by atoms with E-state index < -0.39 is 6.04 Å². The molecule has 1 fully saturated rings. The number of benzene rings is 3. The van der Waals surface area contributed by atoms with Crippen LogP contribution in [0.25, 0.3) is 0 Å². The summed E-state index contributed by atoms with van der Waals surface area (Å²) >= 11 is 6.52. The summed E-state index contributed by atoms with van der Waals surface area (Å²) in [6.07, 6.45) is 5.63. The lowest BCUT2D eigenvalue weighted by Gasteiger charge is -2.33. The van der Waals surface area contributed by atoms with E-state index in [1.807, 2.05) is 48.5 Å². The van der Waals surface area contributed by atoms with Crippen LogP contribution in [0.1, 0.15) is 43.2 Å². The van der Waals surface area contributed by atoms with Crippen LogP contribution in [0.3, 0.4) is 0 Å². The van der Waals surface area contributed by atoms with E-state index in [1.54, 1.807) is 43.4 Å². The number of nitrogens with one attached hydrogen (secondary N) is 1. The van der Waals surface area contributed by atoms with Crippen LogP contribution in [0.4, 0.5) is 0 Å². The van der Waals surface area contributed by atoms with Gasteiger partial charge in [-0.2, -0.15) is 0 Å². The number of ether oxygens (including phenoxy) is 3. The average Bonchev–Trinajstić information content (AvgIpc) is 2.99. The number of hydrogen-bond donors (Lipinski definition) is 1. The molecule has 0 unspecified atom stereocenters. The Morgan fingerprint density at radius 1 is 0.900 bits per heavy atom. The van der Waals surface area contributed by atoms with E-state index in [0.717, 1.165) is 36.8 Å². The Labute approximate surface area is 241 Å². The van der Waals surface area contributed by atoms with Gasteiger partial charge in [0.15, 0.2) is 6.61 Å². The number of hydrogen-bond acceptors (Lipinski definition) is 5. The van der Waals surface area contributed by atoms with E-state index in [0.29, 0.717) is 28.7 Å². The van der Waals surface area contributed by atoms with Gasteiger partial charge in [-0.3, -0.25) is 9.59 Å². The molecule has 0 saturated heterocycles. The van der Waals surface area contributed by atoms with Crippen molar-refractivity contribution < 1.29 is 23.8 Å². The standard InChI is InChI=1S/C32H37ClN2O5/c1-38-26-18-27(39-2)20-28(19-26)40-22-31(36)35(21-24-13-9-10-16-29(24)33)30(17-23-11-5-3-6-12-23)32(37)34-25-14-7-4-8-15-25/h3,5-6,9-13,16,18-20,25,30H,4,7-8,14-15,17,21-22H2,1-2H3,(H,34,37)/t30-/m1/s1. The van der Waals surface area contributed by atoms with E-state index >= 15 is 0 Å². The lowest BCUT2D eigenvalue weighted by atomic mass is 9.94. The molecule has 8 heteroatoms. The number of methoxy groups -OCH3 is 2. The second-order valence-electron chi connectivity index (χ2n) is 10.00. The third kappa shape index (κ3) is 8.15. The first-order chi connectivity index (χ1) is 19.5. The molecular weight excluding hydrogens is 528 g/mol. The Bertz CT molecular complexity index is 1240. The fourth-order valence-electron chi connectivity index (χ4n) is 5.00. The molecule has 0 aliphatic heterocycles. The van der Waals surface area contributed by atoms with Gasteiger partial charge in [0.2, 0.25) is 5.91 Å². The third-order valence-electron chi connectivity index (χ3n) is 7.21. The first kappa shape index (κ1) is 29.3. The van der Waals surface area contributed by atoms with Crippen LogP contribution in [-0.2, 0) is 22.6 Å². The minimum Gasteiger partial charge on any atom is -0.496 e. The van der Waals surface area contributed by atoms with E-state index in [1.165, 1.54) is 6.42 Å². The summed E-state index contributed by atoms with van der Waals surface area (Å²) in [7, 11) is 3.10. The zero-order valence-electron chi connectivity index (χ0n) is 23.1. The van der Waals surface area contributed by atoms with Crippen LogP contribution in [0.2, 0.25) is 5.02 Å². The Morgan fingerprint density at radius 2 is 1.52 bits per heavy atom. The van der Waals surface area contributed by atoms with Crippen molar-refractivity contribution in [3.63, 3.8) is 0 Å². The van der Waals surface area contributed by atoms with Gasteiger partial charge in [0.25, 0.3) is 5.91 Å². The van der Waals surface area contributed by atoms with Crippen molar-refractivity contribution in [1.82, 2.24) is 10.2 Å². The maximum atomic E-state index is 13.9. The molecule has 0 bridgehead atoms. The maximum absolute atomic E-state index is 13.9. The number of carbonyl (C=O) groups is 2. The molecule has 2 amide bonds. The van der Waals surface area contributed by atoms with Crippen LogP contribution in [0.5, 0.6) is 17.2 Å². The average molecular weight is 565 g/mol. The Kier molecular flexibility index (Phi) is 10.7. The summed E-state index contributed by atoms with van der Waals surface area (Å²) in [5, 5.41) is 3.77. The molecule has 3 aromatic rings. The topological polar surface area (TPSA) is 77.1 Å². The van der Waals surface area contributed by atoms with Gasteiger partial charge in [-0.15, -0.1) is 0 Å². The van der Waals surface area contributed by atoms with Gasteiger partial charge < -0.3 is 24.4 Å². The molecule has 3 aromatic carbocycles. The zero-order chi connectivity index (χ0) is 28.3.